The lowest BCUT2D eigenvalue weighted by molar-refractivity contribution is -0.138. The molecular weight excluding hydrogens is 400 g/mol. The number of benzene rings is 2. The fourth-order valence-corrected chi connectivity index (χ4v) is 3.35. The number of hydrogen-bond acceptors (Lipinski definition) is 3. The topological polar surface area (TPSA) is 72.9 Å². The molecule has 1 heterocycles. The van der Waals surface area contributed by atoms with Crippen molar-refractivity contribution in [3.8, 4) is 11.1 Å². The molecule has 5 nitrogen and oxygen atoms in total. The van der Waals surface area contributed by atoms with Crippen LogP contribution in [-0.4, -0.2) is 15.7 Å². The Balaban J connectivity index is 1.91. The van der Waals surface area contributed by atoms with Crippen LogP contribution in [0, 0.1) is 12.7 Å². The Bertz CT molecular complexity index is 1100. The van der Waals surface area contributed by atoms with E-state index in [-0.39, 0.29) is 22.4 Å². The highest BCUT2D eigenvalue weighted by Gasteiger charge is 2.33. The number of aryl methyl sites for hydroxylation is 1. The van der Waals surface area contributed by atoms with E-state index in [2.05, 4.69) is 10.4 Å². The van der Waals surface area contributed by atoms with Gasteiger partial charge in [-0.25, -0.2) is 4.39 Å². The van der Waals surface area contributed by atoms with Crippen molar-refractivity contribution in [3.63, 3.8) is 0 Å². The molecule has 3 N–H and O–H groups in total. The number of nitrogens with one attached hydrogen (secondary N) is 1. The third kappa shape index (κ3) is 4.14. The summed E-state index contributed by atoms with van der Waals surface area (Å²) in [5.41, 5.74) is 5.97. The van der Waals surface area contributed by atoms with Gasteiger partial charge < -0.3 is 11.1 Å². The number of carbonyl (C=O) groups is 1. The maximum Gasteiger partial charge on any atom is 0.416 e. The maximum absolute atomic E-state index is 14.4. The molecule has 1 aromatic heterocycles. The summed E-state index contributed by atoms with van der Waals surface area (Å²) in [4.78, 5) is 12.8. The van der Waals surface area contributed by atoms with Crippen molar-refractivity contribution >= 4 is 11.6 Å². The predicted molar refractivity (Wildman–Crippen MR) is 105 cm³/mol. The predicted octanol–water partition coefficient (Wildman–Crippen LogP) is 4.63. The fourth-order valence-electron chi connectivity index (χ4n) is 3.35. The van der Waals surface area contributed by atoms with Gasteiger partial charge in [-0.2, -0.15) is 18.3 Å². The standard InChI is InChI=1S/C21H20F4N4O/c1-11-14(5-4-6-17(11)21(23,24)25)12(2)28-20(30)16-7-15(18(22)8-19(16)26)13-9-27-29(3)10-13/h4-10,12H,26H2,1-3H3,(H,28,30)/t12-/m1/s1. The molecule has 0 bridgehead atoms. The lowest BCUT2D eigenvalue weighted by atomic mass is 9.96. The third-order valence-electron chi connectivity index (χ3n) is 4.89. The lowest BCUT2D eigenvalue weighted by Crippen LogP contribution is -2.28. The molecule has 158 valence electrons. The number of amides is 1. The van der Waals surface area contributed by atoms with Crippen LogP contribution in [0.15, 0.2) is 42.7 Å². The van der Waals surface area contributed by atoms with Gasteiger partial charge in [0.1, 0.15) is 5.82 Å². The number of hydrogen-bond donors (Lipinski definition) is 2. The Kier molecular flexibility index (Phi) is 5.56. The Hall–Kier alpha value is -3.36. The number of rotatable bonds is 4. The number of nitrogens with two attached hydrogens (primary N) is 1. The zero-order chi connectivity index (χ0) is 22.2. The first kappa shape index (κ1) is 21.4. The van der Waals surface area contributed by atoms with E-state index in [1.54, 1.807) is 20.2 Å². The second-order valence-corrected chi connectivity index (χ2v) is 7.03. The Morgan fingerprint density at radius 1 is 1.27 bits per heavy atom. The summed E-state index contributed by atoms with van der Waals surface area (Å²) >= 11 is 0. The van der Waals surface area contributed by atoms with E-state index in [4.69, 9.17) is 5.73 Å². The van der Waals surface area contributed by atoms with E-state index in [1.165, 1.54) is 36.0 Å². The van der Waals surface area contributed by atoms with Gasteiger partial charge in [0.05, 0.1) is 23.4 Å². The summed E-state index contributed by atoms with van der Waals surface area (Å²) in [6.07, 6.45) is -1.46. The zero-order valence-electron chi connectivity index (χ0n) is 16.5. The highest BCUT2D eigenvalue weighted by molar-refractivity contribution is 6.00. The summed E-state index contributed by atoms with van der Waals surface area (Å²) in [6, 6.07) is 5.42. The first-order valence-electron chi connectivity index (χ1n) is 9.04. The first-order chi connectivity index (χ1) is 14.0. The zero-order valence-corrected chi connectivity index (χ0v) is 16.5. The van der Waals surface area contributed by atoms with Gasteiger partial charge >= 0.3 is 6.18 Å². The summed E-state index contributed by atoms with van der Waals surface area (Å²) in [5.74, 6) is -1.24. The van der Waals surface area contributed by atoms with Gasteiger partial charge in [0.2, 0.25) is 0 Å². The number of halogens is 4. The van der Waals surface area contributed by atoms with Crippen LogP contribution in [0.3, 0.4) is 0 Å². The second-order valence-electron chi connectivity index (χ2n) is 7.03. The van der Waals surface area contributed by atoms with Crippen molar-refractivity contribution in [1.29, 1.82) is 0 Å². The molecule has 3 aromatic rings. The molecule has 0 aliphatic carbocycles. The van der Waals surface area contributed by atoms with Crippen molar-refractivity contribution in [2.75, 3.05) is 5.73 Å². The molecule has 9 heteroatoms. The Morgan fingerprint density at radius 2 is 1.97 bits per heavy atom. The number of nitrogen functional groups attached to an aromatic ring is 1. The number of anilines is 1. The third-order valence-corrected chi connectivity index (χ3v) is 4.89. The number of aromatic nitrogens is 2. The van der Waals surface area contributed by atoms with Crippen LogP contribution in [0.4, 0.5) is 23.2 Å². The molecule has 1 atom stereocenters. The van der Waals surface area contributed by atoms with E-state index >= 15 is 0 Å². The molecule has 30 heavy (non-hydrogen) atoms. The quantitative estimate of drug-likeness (QED) is 0.478. The van der Waals surface area contributed by atoms with Crippen LogP contribution in [0.25, 0.3) is 11.1 Å². The van der Waals surface area contributed by atoms with E-state index in [9.17, 15) is 22.4 Å². The van der Waals surface area contributed by atoms with Crippen LogP contribution in [0.1, 0.15) is 40.0 Å². The number of nitrogens with zero attached hydrogens (tertiary/aromatic N) is 2. The fraction of sp³-hybridized carbons (Fsp3) is 0.238. The lowest BCUT2D eigenvalue weighted by Gasteiger charge is -2.20. The summed E-state index contributed by atoms with van der Waals surface area (Å²) < 4.78 is 55.4. The van der Waals surface area contributed by atoms with E-state index in [0.29, 0.717) is 11.1 Å². The summed E-state index contributed by atoms with van der Waals surface area (Å²) in [7, 11) is 1.67. The highest BCUT2D eigenvalue weighted by atomic mass is 19.4. The second kappa shape index (κ2) is 7.81. The minimum atomic E-state index is -4.50. The van der Waals surface area contributed by atoms with Gasteiger partial charge in [0.25, 0.3) is 5.91 Å². The molecule has 0 aliphatic rings. The minimum Gasteiger partial charge on any atom is -0.398 e. The monoisotopic (exact) mass is 420 g/mol. The molecule has 3 rings (SSSR count). The van der Waals surface area contributed by atoms with Gasteiger partial charge in [-0.05, 0) is 43.2 Å². The Labute approximate surface area is 170 Å². The van der Waals surface area contributed by atoms with E-state index in [0.717, 1.165) is 12.1 Å². The maximum atomic E-state index is 14.4. The summed E-state index contributed by atoms with van der Waals surface area (Å²) in [6.45, 7) is 2.93. The number of carbonyl (C=O) groups excluding carboxylic acids is 1. The molecule has 0 saturated heterocycles. The average molecular weight is 420 g/mol. The van der Waals surface area contributed by atoms with Crippen molar-refractivity contribution < 1.29 is 22.4 Å². The van der Waals surface area contributed by atoms with E-state index in [1.807, 2.05) is 0 Å². The SMILES string of the molecule is Cc1c([C@@H](C)NC(=O)c2cc(-c3cnn(C)c3)c(F)cc2N)cccc1C(F)(F)F. The summed E-state index contributed by atoms with van der Waals surface area (Å²) in [5, 5.41) is 6.63. The molecule has 0 fully saturated rings. The van der Waals surface area contributed by atoms with Crippen LogP contribution < -0.4 is 11.1 Å². The molecule has 0 unspecified atom stereocenters. The van der Waals surface area contributed by atoms with Crippen LogP contribution in [0.2, 0.25) is 0 Å². The van der Waals surface area contributed by atoms with Crippen molar-refractivity contribution in [1.82, 2.24) is 15.1 Å². The van der Waals surface area contributed by atoms with Crippen molar-refractivity contribution in [2.24, 2.45) is 7.05 Å². The van der Waals surface area contributed by atoms with Crippen LogP contribution in [0.5, 0.6) is 0 Å². The van der Waals surface area contributed by atoms with Gasteiger partial charge in [-0.1, -0.05) is 12.1 Å². The largest absolute Gasteiger partial charge is 0.416 e. The highest BCUT2D eigenvalue weighted by Crippen LogP contribution is 2.34. The normalized spacial score (nSPS) is 12.6. The van der Waals surface area contributed by atoms with E-state index < -0.39 is 29.5 Å². The Morgan fingerprint density at radius 3 is 2.57 bits per heavy atom. The molecule has 2 aromatic carbocycles. The minimum absolute atomic E-state index is 0.0201. The van der Waals surface area contributed by atoms with Crippen LogP contribution in [-0.2, 0) is 13.2 Å². The van der Waals surface area contributed by atoms with Crippen molar-refractivity contribution in [3.05, 3.63) is 70.8 Å². The average Bonchev–Trinajstić information content (AvgIpc) is 3.06. The molecule has 1 amide bonds. The van der Waals surface area contributed by atoms with Crippen molar-refractivity contribution in [2.45, 2.75) is 26.1 Å². The first-order valence-corrected chi connectivity index (χ1v) is 9.04. The van der Waals surface area contributed by atoms with Gasteiger partial charge in [0, 0.05) is 30.1 Å². The molecule has 0 saturated carbocycles. The molecular formula is C21H20F4N4O. The molecule has 0 radical (unpaired) electrons. The number of alkyl halides is 3. The van der Waals surface area contributed by atoms with Gasteiger partial charge in [-0.3, -0.25) is 9.48 Å². The van der Waals surface area contributed by atoms with Gasteiger partial charge in [0.15, 0.2) is 0 Å². The smallest absolute Gasteiger partial charge is 0.398 e. The van der Waals surface area contributed by atoms with Crippen LogP contribution >= 0.6 is 0 Å². The molecule has 0 aliphatic heterocycles. The molecule has 0 spiro atoms. The van der Waals surface area contributed by atoms with Gasteiger partial charge in [-0.15, -0.1) is 0 Å².